The van der Waals surface area contributed by atoms with Gasteiger partial charge in [-0.2, -0.15) is 16.9 Å². The largest absolute Gasteiger partial charge is 0.391 e. The monoisotopic (exact) mass is 394 g/mol. The minimum Gasteiger partial charge on any atom is -0.391 e. The van der Waals surface area contributed by atoms with Gasteiger partial charge in [0.25, 0.3) is 5.91 Å². The number of carbonyl (C=O) groups is 2. The number of likely N-dealkylation sites (tertiary alicyclic amines) is 2. The zero-order valence-corrected chi connectivity index (χ0v) is 17.2. The van der Waals surface area contributed by atoms with E-state index in [1.54, 1.807) is 16.7 Å². The summed E-state index contributed by atoms with van der Waals surface area (Å²) in [5.74, 6) is 0.842. The van der Waals surface area contributed by atoms with Crippen LogP contribution in [0.4, 0.5) is 0 Å². The van der Waals surface area contributed by atoms with E-state index in [0.29, 0.717) is 44.0 Å². The third-order valence-corrected chi connectivity index (χ3v) is 6.33. The Morgan fingerprint density at radius 1 is 1.37 bits per heavy atom. The predicted octanol–water partition coefficient (Wildman–Crippen LogP) is 1.71. The maximum atomic E-state index is 12.9. The highest BCUT2D eigenvalue weighted by Crippen LogP contribution is 2.40. The molecule has 0 aromatic carbocycles. The second-order valence-electron chi connectivity index (χ2n) is 8.22. The third-order valence-electron chi connectivity index (χ3n) is 5.80. The van der Waals surface area contributed by atoms with E-state index in [4.69, 9.17) is 0 Å². The van der Waals surface area contributed by atoms with Crippen molar-refractivity contribution in [3.05, 3.63) is 17.5 Å². The molecule has 1 unspecified atom stereocenters. The highest BCUT2D eigenvalue weighted by atomic mass is 32.2. The van der Waals surface area contributed by atoms with Gasteiger partial charge in [-0.3, -0.25) is 14.7 Å². The first-order valence-electron chi connectivity index (χ1n) is 9.63. The Hall–Kier alpha value is -1.54. The van der Waals surface area contributed by atoms with Crippen LogP contribution in [0.15, 0.2) is 6.07 Å². The standard InChI is InChI=1S/C19H30N4O3S/c1-13(2)15-8-16(21-20-15)18(26)23-10-14(24)9-19(12-23)4-6-22(7-5-19)17(25)11-27-3/h8,13-14,24H,4-7,9-12H2,1-3H3,(H,20,21). The number of amides is 2. The van der Waals surface area contributed by atoms with E-state index in [2.05, 4.69) is 10.2 Å². The molecule has 0 radical (unpaired) electrons. The molecule has 2 amide bonds. The van der Waals surface area contributed by atoms with Gasteiger partial charge in [0.05, 0.1) is 11.9 Å². The van der Waals surface area contributed by atoms with Crippen LogP contribution in [0.25, 0.3) is 0 Å². The SMILES string of the molecule is CSCC(=O)N1CCC2(CC1)CC(O)CN(C(=O)c1cc(C(C)C)[nH]n1)C2. The molecule has 1 aromatic heterocycles. The summed E-state index contributed by atoms with van der Waals surface area (Å²) in [6, 6.07) is 1.81. The Morgan fingerprint density at radius 2 is 2.07 bits per heavy atom. The van der Waals surface area contributed by atoms with Gasteiger partial charge in [0.15, 0.2) is 0 Å². The van der Waals surface area contributed by atoms with Crippen molar-refractivity contribution in [2.75, 3.05) is 38.2 Å². The zero-order chi connectivity index (χ0) is 19.6. The molecule has 1 atom stereocenters. The fourth-order valence-electron chi connectivity index (χ4n) is 4.22. The normalized spacial score (nSPS) is 22.5. The molecule has 27 heavy (non-hydrogen) atoms. The second kappa shape index (κ2) is 8.22. The maximum absolute atomic E-state index is 12.9. The van der Waals surface area contributed by atoms with E-state index in [-0.39, 0.29) is 23.1 Å². The van der Waals surface area contributed by atoms with Gasteiger partial charge < -0.3 is 14.9 Å². The molecule has 8 heteroatoms. The van der Waals surface area contributed by atoms with Crippen LogP contribution in [0.2, 0.25) is 0 Å². The third kappa shape index (κ3) is 4.48. The van der Waals surface area contributed by atoms with Gasteiger partial charge in [-0.05, 0) is 42.9 Å². The van der Waals surface area contributed by atoms with Crippen LogP contribution < -0.4 is 0 Å². The van der Waals surface area contributed by atoms with Crippen LogP contribution in [-0.2, 0) is 4.79 Å². The van der Waals surface area contributed by atoms with E-state index in [1.165, 1.54) is 0 Å². The van der Waals surface area contributed by atoms with E-state index < -0.39 is 6.10 Å². The number of nitrogens with zero attached hydrogens (tertiary/aromatic N) is 3. The number of aromatic nitrogens is 2. The summed E-state index contributed by atoms with van der Waals surface area (Å²) in [5, 5.41) is 17.5. The van der Waals surface area contributed by atoms with E-state index in [0.717, 1.165) is 18.5 Å². The van der Waals surface area contributed by atoms with Crippen LogP contribution in [0.3, 0.4) is 0 Å². The number of nitrogens with one attached hydrogen (secondary N) is 1. The zero-order valence-electron chi connectivity index (χ0n) is 16.4. The first-order valence-corrected chi connectivity index (χ1v) is 11.0. The van der Waals surface area contributed by atoms with Crippen molar-refractivity contribution in [3.63, 3.8) is 0 Å². The van der Waals surface area contributed by atoms with Crippen molar-refractivity contribution < 1.29 is 14.7 Å². The van der Waals surface area contributed by atoms with Crippen LogP contribution in [0, 0.1) is 5.41 Å². The quantitative estimate of drug-likeness (QED) is 0.812. The van der Waals surface area contributed by atoms with Gasteiger partial charge in [-0.25, -0.2) is 0 Å². The highest BCUT2D eigenvalue weighted by molar-refractivity contribution is 7.99. The lowest BCUT2D eigenvalue weighted by Gasteiger charge is -2.49. The Bertz CT molecular complexity index is 682. The van der Waals surface area contributed by atoms with E-state index >= 15 is 0 Å². The molecule has 0 bridgehead atoms. The van der Waals surface area contributed by atoms with E-state index in [1.807, 2.05) is 31.1 Å². The van der Waals surface area contributed by atoms with Crippen molar-refractivity contribution in [2.45, 2.75) is 45.1 Å². The number of rotatable bonds is 4. The van der Waals surface area contributed by atoms with Gasteiger partial charge in [0.2, 0.25) is 5.91 Å². The molecule has 2 aliphatic rings. The number of β-amino-alcohol motifs (C(OH)–C–C–N with tert-alkyl or cyclic N) is 1. The van der Waals surface area contributed by atoms with Crippen LogP contribution in [0.1, 0.15) is 55.2 Å². The number of carbonyl (C=O) groups excluding carboxylic acids is 2. The number of piperidine rings is 2. The van der Waals surface area contributed by atoms with Crippen molar-refractivity contribution >= 4 is 23.6 Å². The Kier molecular flexibility index (Phi) is 6.15. The first kappa shape index (κ1) is 20.2. The van der Waals surface area contributed by atoms with Crippen LogP contribution in [0.5, 0.6) is 0 Å². The van der Waals surface area contributed by atoms with Gasteiger partial charge in [-0.1, -0.05) is 13.8 Å². The Labute approximate surface area is 164 Å². The number of hydrogen-bond acceptors (Lipinski definition) is 5. The summed E-state index contributed by atoms with van der Waals surface area (Å²) in [4.78, 5) is 28.7. The van der Waals surface area contributed by atoms with Gasteiger partial charge in [0, 0.05) is 31.9 Å². The average Bonchev–Trinajstić information content (AvgIpc) is 3.11. The minimum absolute atomic E-state index is 0.110. The van der Waals surface area contributed by atoms with E-state index in [9.17, 15) is 14.7 Å². The predicted molar refractivity (Wildman–Crippen MR) is 106 cm³/mol. The molecular formula is C19H30N4O3S. The number of aromatic amines is 1. The molecule has 0 aliphatic carbocycles. The van der Waals surface area contributed by atoms with Crippen LogP contribution >= 0.6 is 11.8 Å². The topological polar surface area (TPSA) is 89.5 Å². The number of thioether (sulfide) groups is 1. The summed E-state index contributed by atoms with van der Waals surface area (Å²) < 4.78 is 0. The average molecular weight is 395 g/mol. The van der Waals surface area contributed by atoms with Gasteiger partial charge >= 0.3 is 0 Å². The fourth-order valence-corrected chi connectivity index (χ4v) is 4.65. The molecule has 3 rings (SSSR count). The lowest BCUT2D eigenvalue weighted by atomic mass is 9.71. The molecule has 0 saturated carbocycles. The second-order valence-corrected chi connectivity index (χ2v) is 9.09. The molecule has 2 aliphatic heterocycles. The van der Waals surface area contributed by atoms with Crippen molar-refractivity contribution in [2.24, 2.45) is 5.41 Å². The summed E-state index contributed by atoms with van der Waals surface area (Å²) >= 11 is 1.54. The van der Waals surface area contributed by atoms with Crippen molar-refractivity contribution in [1.29, 1.82) is 0 Å². The molecule has 2 N–H and O–H groups in total. The minimum atomic E-state index is -0.528. The molecule has 150 valence electrons. The van der Waals surface area contributed by atoms with Crippen LogP contribution in [-0.4, -0.2) is 81.2 Å². The summed E-state index contributed by atoms with van der Waals surface area (Å²) in [6.07, 6.45) is 3.75. The maximum Gasteiger partial charge on any atom is 0.274 e. The Morgan fingerprint density at radius 3 is 2.67 bits per heavy atom. The number of aliphatic hydroxyl groups is 1. The van der Waals surface area contributed by atoms with Crippen molar-refractivity contribution in [1.82, 2.24) is 20.0 Å². The number of aliphatic hydroxyl groups excluding tert-OH is 1. The number of H-pyrrole nitrogens is 1. The molecule has 1 aromatic rings. The summed E-state index contributed by atoms with van der Waals surface area (Å²) in [7, 11) is 0. The molecule has 7 nitrogen and oxygen atoms in total. The van der Waals surface area contributed by atoms with Gasteiger partial charge in [-0.15, -0.1) is 0 Å². The summed E-state index contributed by atoms with van der Waals surface area (Å²) in [6.45, 7) is 6.47. The molecular weight excluding hydrogens is 364 g/mol. The molecule has 3 heterocycles. The van der Waals surface area contributed by atoms with Crippen molar-refractivity contribution in [3.8, 4) is 0 Å². The lowest BCUT2D eigenvalue weighted by molar-refractivity contribution is -0.131. The fraction of sp³-hybridized carbons (Fsp3) is 0.737. The molecule has 2 saturated heterocycles. The first-order chi connectivity index (χ1) is 12.8. The van der Waals surface area contributed by atoms with Gasteiger partial charge in [0.1, 0.15) is 5.69 Å². The molecule has 2 fully saturated rings. The Balaban J connectivity index is 1.67. The summed E-state index contributed by atoms with van der Waals surface area (Å²) in [5.41, 5.74) is 1.24. The smallest absolute Gasteiger partial charge is 0.274 e. The highest BCUT2D eigenvalue weighted by Gasteiger charge is 2.43. The molecule has 1 spiro atoms. The number of hydrogen-bond donors (Lipinski definition) is 2. The lowest BCUT2D eigenvalue weighted by Crippen LogP contribution is -2.56.